The Kier molecular flexibility index (Phi) is 6.37. The number of benzene rings is 1. The molecule has 134 valence electrons. The fourth-order valence-corrected chi connectivity index (χ4v) is 2.94. The van der Waals surface area contributed by atoms with Crippen LogP contribution in [0.1, 0.15) is 25.3 Å². The number of rotatable bonds is 4. The number of alkyl halides is 3. The molecule has 0 atom stereocenters. The summed E-state index contributed by atoms with van der Waals surface area (Å²) < 4.78 is 44.3. The van der Waals surface area contributed by atoms with E-state index in [2.05, 4.69) is 15.9 Å². The fourth-order valence-electron chi connectivity index (χ4n) is 2.46. The lowest BCUT2D eigenvalue weighted by Gasteiger charge is -2.35. The third-order valence-corrected chi connectivity index (χ3v) is 4.29. The standard InChI is InChI=1S/C16H20BrF3N2O2/c1-2-3-8-24-15(23)22-6-4-21(5-7-22)14-10-12(16(18,19)20)9-13(17)11-14/h9-11H,2-8H2,1H3. The molecule has 0 bridgehead atoms. The van der Waals surface area contributed by atoms with Gasteiger partial charge in [0.05, 0.1) is 12.2 Å². The Morgan fingerprint density at radius 2 is 1.88 bits per heavy atom. The molecule has 8 heteroatoms. The predicted molar refractivity (Wildman–Crippen MR) is 89.2 cm³/mol. The SMILES string of the molecule is CCCCOC(=O)N1CCN(c2cc(Br)cc(C(F)(F)F)c2)CC1. The second-order valence-corrected chi connectivity index (χ2v) is 6.55. The van der Waals surface area contributed by atoms with Crippen LogP contribution >= 0.6 is 15.9 Å². The zero-order valence-electron chi connectivity index (χ0n) is 13.4. The molecule has 1 heterocycles. The van der Waals surface area contributed by atoms with E-state index in [0.29, 0.717) is 42.9 Å². The van der Waals surface area contributed by atoms with Crippen LogP contribution in [-0.2, 0) is 10.9 Å². The summed E-state index contributed by atoms with van der Waals surface area (Å²) in [6.07, 6.45) is -2.97. The minimum atomic E-state index is -4.39. The van der Waals surface area contributed by atoms with Gasteiger partial charge in [-0.15, -0.1) is 0 Å². The lowest BCUT2D eigenvalue weighted by atomic mass is 10.1. The van der Waals surface area contributed by atoms with Gasteiger partial charge in [0.2, 0.25) is 0 Å². The topological polar surface area (TPSA) is 32.8 Å². The number of carbonyl (C=O) groups is 1. The van der Waals surface area contributed by atoms with Crippen molar-refractivity contribution in [2.24, 2.45) is 0 Å². The van der Waals surface area contributed by atoms with Gasteiger partial charge in [0.1, 0.15) is 0 Å². The first kappa shape index (κ1) is 18.9. The molecule has 0 unspecified atom stereocenters. The first-order valence-electron chi connectivity index (χ1n) is 7.85. The second-order valence-electron chi connectivity index (χ2n) is 5.64. The number of ether oxygens (including phenoxy) is 1. The molecule has 0 spiro atoms. The molecule has 0 radical (unpaired) electrons. The third kappa shape index (κ3) is 5.03. The number of hydrogen-bond donors (Lipinski definition) is 0. The van der Waals surface area contributed by atoms with Gasteiger partial charge in [-0.1, -0.05) is 29.3 Å². The van der Waals surface area contributed by atoms with E-state index >= 15 is 0 Å². The molecule has 1 aliphatic rings. The number of hydrogen-bond acceptors (Lipinski definition) is 3. The molecule has 0 saturated carbocycles. The summed E-state index contributed by atoms with van der Waals surface area (Å²) in [5.41, 5.74) is -0.191. The van der Waals surface area contributed by atoms with Crippen molar-refractivity contribution in [3.05, 3.63) is 28.2 Å². The van der Waals surface area contributed by atoms with Crippen LogP contribution < -0.4 is 4.90 Å². The molecule has 1 aliphatic heterocycles. The van der Waals surface area contributed by atoms with Crippen LogP contribution in [0.2, 0.25) is 0 Å². The van der Waals surface area contributed by atoms with Crippen LogP contribution in [-0.4, -0.2) is 43.8 Å². The molecule has 1 fully saturated rings. The number of halogens is 4. The summed E-state index contributed by atoms with van der Waals surface area (Å²) in [6.45, 7) is 4.21. The molecule has 4 nitrogen and oxygen atoms in total. The molecule has 1 aromatic rings. The molecule has 0 N–H and O–H groups in total. The average molecular weight is 409 g/mol. The number of carbonyl (C=O) groups excluding carboxylic acids is 1. The Hall–Kier alpha value is -1.44. The van der Waals surface area contributed by atoms with Crippen molar-refractivity contribution in [2.75, 3.05) is 37.7 Å². The van der Waals surface area contributed by atoms with Crippen LogP contribution in [0, 0.1) is 0 Å². The predicted octanol–water partition coefficient (Wildman–Crippen LogP) is 4.53. The van der Waals surface area contributed by atoms with Gasteiger partial charge in [-0.2, -0.15) is 13.2 Å². The van der Waals surface area contributed by atoms with Gasteiger partial charge in [0, 0.05) is 36.3 Å². The lowest BCUT2D eigenvalue weighted by Crippen LogP contribution is -2.49. The van der Waals surface area contributed by atoms with Gasteiger partial charge in [0.15, 0.2) is 0 Å². The molecule has 0 aromatic heterocycles. The minimum absolute atomic E-state index is 0.353. The number of unbranched alkanes of at least 4 members (excludes halogenated alkanes) is 1. The van der Waals surface area contributed by atoms with E-state index in [0.717, 1.165) is 25.0 Å². The van der Waals surface area contributed by atoms with Crippen LogP contribution in [0.25, 0.3) is 0 Å². The Labute approximate surface area is 147 Å². The minimum Gasteiger partial charge on any atom is -0.449 e. The highest BCUT2D eigenvalue weighted by Gasteiger charge is 2.32. The quantitative estimate of drug-likeness (QED) is 0.686. The first-order chi connectivity index (χ1) is 11.3. The lowest BCUT2D eigenvalue weighted by molar-refractivity contribution is -0.137. The summed E-state index contributed by atoms with van der Waals surface area (Å²) in [5.74, 6) is 0. The average Bonchev–Trinajstić information content (AvgIpc) is 2.54. The van der Waals surface area contributed by atoms with E-state index in [1.54, 1.807) is 11.0 Å². The van der Waals surface area contributed by atoms with Crippen molar-refractivity contribution >= 4 is 27.7 Å². The maximum Gasteiger partial charge on any atom is 0.416 e. The number of anilines is 1. The van der Waals surface area contributed by atoms with Crippen LogP contribution in [0.5, 0.6) is 0 Å². The fraction of sp³-hybridized carbons (Fsp3) is 0.562. The zero-order chi connectivity index (χ0) is 17.7. The van der Waals surface area contributed by atoms with Crippen molar-refractivity contribution in [3.63, 3.8) is 0 Å². The Morgan fingerprint density at radius 3 is 2.46 bits per heavy atom. The maximum absolute atomic E-state index is 12.9. The molecule has 1 aromatic carbocycles. The molecular weight excluding hydrogens is 389 g/mol. The molecule has 2 rings (SSSR count). The Morgan fingerprint density at radius 1 is 1.21 bits per heavy atom. The molecule has 24 heavy (non-hydrogen) atoms. The number of nitrogens with zero attached hydrogens (tertiary/aromatic N) is 2. The number of piperazine rings is 1. The van der Waals surface area contributed by atoms with Gasteiger partial charge in [-0.25, -0.2) is 4.79 Å². The largest absolute Gasteiger partial charge is 0.449 e. The van der Waals surface area contributed by atoms with Crippen molar-refractivity contribution in [3.8, 4) is 0 Å². The van der Waals surface area contributed by atoms with Crippen molar-refractivity contribution in [2.45, 2.75) is 25.9 Å². The monoisotopic (exact) mass is 408 g/mol. The van der Waals surface area contributed by atoms with E-state index in [1.165, 1.54) is 0 Å². The smallest absolute Gasteiger partial charge is 0.416 e. The van der Waals surface area contributed by atoms with Crippen molar-refractivity contribution in [1.82, 2.24) is 4.90 Å². The maximum atomic E-state index is 12.9. The van der Waals surface area contributed by atoms with Crippen LogP contribution in [0.4, 0.5) is 23.7 Å². The molecule has 1 saturated heterocycles. The highest BCUT2D eigenvalue weighted by atomic mass is 79.9. The third-order valence-electron chi connectivity index (χ3n) is 3.84. The first-order valence-corrected chi connectivity index (χ1v) is 8.65. The van der Waals surface area contributed by atoms with E-state index in [-0.39, 0.29) is 6.09 Å². The van der Waals surface area contributed by atoms with Gasteiger partial charge >= 0.3 is 12.3 Å². The van der Waals surface area contributed by atoms with Gasteiger partial charge in [0.25, 0.3) is 0 Å². The van der Waals surface area contributed by atoms with E-state index in [1.807, 2.05) is 11.8 Å². The summed E-state index contributed by atoms with van der Waals surface area (Å²) in [7, 11) is 0. The summed E-state index contributed by atoms with van der Waals surface area (Å²) in [6, 6.07) is 3.86. The van der Waals surface area contributed by atoms with Crippen LogP contribution in [0.3, 0.4) is 0 Å². The van der Waals surface area contributed by atoms with Crippen LogP contribution in [0.15, 0.2) is 22.7 Å². The van der Waals surface area contributed by atoms with Gasteiger partial charge in [-0.3, -0.25) is 0 Å². The van der Waals surface area contributed by atoms with Gasteiger partial charge in [-0.05, 0) is 24.6 Å². The van der Waals surface area contributed by atoms with Crippen molar-refractivity contribution in [1.29, 1.82) is 0 Å². The highest BCUT2D eigenvalue weighted by molar-refractivity contribution is 9.10. The summed E-state index contributed by atoms with van der Waals surface area (Å²) in [5, 5.41) is 0. The zero-order valence-corrected chi connectivity index (χ0v) is 15.0. The number of amides is 1. The normalized spacial score (nSPS) is 15.5. The summed E-state index contributed by atoms with van der Waals surface area (Å²) in [4.78, 5) is 15.3. The highest BCUT2D eigenvalue weighted by Crippen LogP contribution is 2.34. The Balaban J connectivity index is 1.97. The van der Waals surface area contributed by atoms with E-state index in [9.17, 15) is 18.0 Å². The van der Waals surface area contributed by atoms with E-state index in [4.69, 9.17) is 4.74 Å². The molecule has 1 amide bonds. The van der Waals surface area contributed by atoms with E-state index < -0.39 is 11.7 Å². The molecular formula is C16H20BrF3N2O2. The van der Waals surface area contributed by atoms with Gasteiger partial charge < -0.3 is 14.5 Å². The second kappa shape index (κ2) is 8.09. The van der Waals surface area contributed by atoms with Crippen molar-refractivity contribution < 1.29 is 22.7 Å². The summed E-state index contributed by atoms with van der Waals surface area (Å²) >= 11 is 3.13. The Bertz CT molecular complexity index is 573. The molecule has 0 aliphatic carbocycles.